The molecule has 5 nitrogen and oxygen atoms in total. The second kappa shape index (κ2) is 8.60. The number of fused-ring (bicyclic) bond motifs is 2. The molecule has 0 aliphatic carbocycles. The summed E-state index contributed by atoms with van der Waals surface area (Å²) in [5.41, 5.74) is 2.89. The van der Waals surface area contributed by atoms with Gasteiger partial charge in [-0.1, -0.05) is 54.0 Å². The summed E-state index contributed by atoms with van der Waals surface area (Å²) < 4.78 is 6.80. The van der Waals surface area contributed by atoms with Crippen molar-refractivity contribution in [2.24, 2.45) is 0 Å². The fraction of sp³-hybridized carbons (Fsp3) is 0.360. The van der Waals surface area contributed by atoms with Crippen molar-refractivity contribution in [1.29, 1.82) is 0 Å². The van der Waals surface area contributed by atoms with Crippen molar-refractivity contribution >= 4 is 32.8 Å². The largest absolute Gasteiger partial charge is 0.450 e. The molecule has 0 bridgehead atoms. The summed E-state index contributed by atoms with van der Waals surface area (Å²) in [7, 11) is 4.02. The topological polar surface area (TPSA) is 53.8 Å². The number of carbonyl (C=O) groups is 1. The second-order valence-corrected chi connectivity index (χ2v) is 9.61. The molecule has 1 aliphatic heterocycles. The molecule has 0 radical (unpaired) electrons. The first kappa shape index (κ1) is 21.8. The Labute approximate surface area is 190 Å². The minimum atomic E-state index is -0.439. The Kier molecular flexibility index (Phi) is 6.04. The molecule has 31 heavy (non-hydrogen) atoms. The maximum Gasteiger partial charge on any atom is 0.290 e. The van der Waals surface area contributed by atoms with Crippen molar-refractivity contribution in [2.45, 2.75) is 32.2 Å². The fourth-order valence-electron chi connectivity index (χ4n) is 4.19. The zero-order chi connectivity index (χ0) is 22.3. The van der Waals surface area contributed by atoms with Crippen LogP contribution in [0.5, 0.6) is 0 Å². The first-order valence-corrected chi connectivity index (χ1v) is 11.4. The SMILES string of the molecule is CC(C)c1ccc(C2c3c(oc4ccc(Br)cc4c3=O)C(=O)N2CCCN(C)C)cc1. The molecule has 1 unspecified atom stereocenters. The highest BCUT2D eigenvalue weighted by atomic mass is 79.9. The summed E-state index contributed by atoms with van der Waals surface area (Å²) in [6.07, 6.45) is 0.812. The van der Waals surface area contributed by atoms with Gasteiger partial charge in [0.05, 0.1) is 17.0 Å². The number of hydrogen-bond acceptors (Lipinski definition) is 4. The van der Waals surface area contributed by atoms with Crippen LogP contribution < -0.4 is 5.43 Å². The van der Waals surface area contributed by atoms with E-state index in [0.717, 1.165) is 23.0 Å². The molecule has 1 aromatic heterocycles. The molecule has 2 aromatic carbocycles. The van der Waals surface area contributed by atoms with Gasteiger partial charge in [-0.25, -0.2) is 0 Å². The summed E-state index contributed by atoms with van der Waals surface area (Å²) >= 11 is 3.44. The highest BCUT2D eigenvalue weighted by Gasteiger charge is 2.42. The Hall–Kier alpha value is -2.44. The first-order valence-electron chi connectivity index (χ1n) is 10.6. The fourth-order valence-corrected chi connectivity index (χ4v) is 4.55. The molecular weight excluding hydrogens is 456 g/mol. The van der Waals surface area contributed by atoms with E-state index in [1.807, 2.05) is 32.3 Å². The Morgan fingerprint density at radius 2 is 1.81 bits per heavy atom. The van der Waals surface area contributed by atoms with Crippen LogP contribution in [0.3, 0.4) is 0 Å². The van der Waals surface area contributed by atoms with E-state index in [1.54, 1.807) is 17.0 Å². The van der Waals surface area contributed by atoms with Crippen LogP contribution in [0.2, 0.25) is 0 Å². The third-order valence-corrected chi connectivity index (χ3v) is 6.34. The standard InChI is InChI=1S/C25H27BrN2O3/c1-15(2)16-6-8-17(9-7-16)22-21-23(29)19-14-18(26)10-11-20(19)31-24(21)25(30)28(22)13-5-12-27(3)4/h6-11,14-15,22H,5,12-13H2,1-4H3. The molecule has 0 spiro atoms. The van der Waals surface area contributed by atoms with E-state index in [0.29, 0.717) is 29.0 Å². The first-order chi connectivity index (χ1) is 14.8. The molecule has 0 saturated carbocycles. The number of rotatable bonds is 6. The van der Waals surface area contributed by atoms with Gasteiger partial charge in [0.2, 0.25) is 5.76 Å². The zero-order valence-electron chi connectivity index (χ0n) is 18.3. The van der Waals surface area contributed by atoms with Crippen LogP contribution in [0.4, 0.5) is 0 Å². The molecule has 1 amide bonds. The molecule has 0 saturated heterocycles. The average molecular weight is 483 g/mol. The van der Waals surface area contributed by atoms with Crippen molar-refractivity contribution in [1.82, 2.24) is 9.80 Å². The summed E-state index contributed by atoms with van der Waals surface area (Å²) in [6.45, 7) is 5.71. The average Bonchev–Trinajstić information content (AvgIpc) is 3.01. The molecule has 162 valence electrons. The van der Waals surface area contributed by atoms with E-state index in [1.165, 1.54) is 5.56 Å². The van der Waals surface area contributed by atoms with Gasteiger partial charge in [0.25, 0.3) is 5.91 Å². The molecule has 1 aliphatic rings. The Morgan fingerprint density at radius 3 is 2.45 bits per heavy atom. The van der Waals surface area contributed by atoms with Crippen molar-refractivity contribution in [3.8, 4) is 0 Å². The van der Waals surface area contributed by atoms with E-state index in [9.17, 15) is 9.59 Å². The van der Waals surface area contributed by atoms with Gasteiger partial charge in [0.15, 0.2) is 5.43 Å². The van der Waals surface area contributed by atoms with Crippen LogP contribution in [0.15, 0.2) is 56.1 Å². The predicted molar refractivity (Wildman–Crippen MR) is 127 cm³/mol. The third-order valence-electron chi connectivity index (χ3n) is 5.85. The van der Waals surface area contributed by atoms with Crippen molar-refractivity contribution in [3.63, 3.8) is 0 Å². The number of benzene rings is 2. The number of hydrogen-bond donors (Lipinski definition) is 0. The van der Waals surface area contributed by atoms with Gasteiger partial charge < -0.3 is 14.2 Å². The highest BCUT2D eigenvalue weighted by Crippen LogP contribution is 2.38. The molecule has 0 fully saturated rings. The van der Waals surface area contributed by atoms with Crippen molar-refractivity contribution in [3.05, 3.63) is 79.6 Å². The van der Waals surface area contributed by atoms with Crippen molar-refractivity contribution in [2.75, 3.05) is 27.2 Å². The van der Waals surface area contributed by atoms with Gasteiger partial charge in [-0.15, -0.1) is 0 Å². The van der Waals surface area contributed by atoms with Gasteiger partial charge >= 0.3 is 0 Å². The molecule has 0 N–H and O–H groups in total. The van der Waals surface area contributed by atoms with E-state index in [4.69, 9.17) is 4.42 Å². The van der Waals surface area contributed by atoms with E-state index < -0.39 is 6.04 Å². The number of nitrogens with zero attached hydrogens (tertiary/aromatic N) is 2. The van der Waals surface area contributed by atoms with Crippen LogP contribution in [-0.2, 0) is 0 Å². The summed E-state index contributed by atoms with van der Waals surface area (Å²) in [5.74, 6) is 0.366. The van der Waals surface area contributed by atoms with Crippen molar-refractivity contribution < 1.29 is 9.21 Å². The molecule has 2 heterocycles. The third kappa shape index (κ3) is 4.06. The lowest BCUT2D eigenvalue weighted by molar-refractivity contribution is 0.0722. The quantitative estimate of drug-likeness (QED) is 0.485. The Bertz CT molecular complexity index is 1180. The Morgan fingerprint density at radius 1 is 1.10 bits per heavy atom. The molecule has 6 heteroatoms. The normalized spacial score (nSPS) is 16.0. The smallest absolute Gasteiger partial charge is 0.290 e. The lowest BCUT2D eigenvalue weighted by Crippen LogP contribution is -2.32. The number of carbonyl (C=O) groups excluding carboxylic acids is 1. The van der Waals surface area contributed by atoms with Crippen LogP contribution >= 0.6 is 15.9 Å². The van der Waals surface area contributed by atoms with Crippen LogP contribution in [0.25, 0.3) is 11.0 Å². The molecule has 4 rings (SSSR count). The van der Waals surface area contributed by atoms with Crippen LogP contribution in [0.1, 0.15) is 59.5 Å². The monoisotopic (exact) mass is 482 g/mol. The highest BCUT2D eigenvalue weighted by molar-refractivity contribution is 9.10. The van der Waals surface area contributed by atoms with Gasteiger partial charge in [-0.2, -0.15) is 0 Å². The number of halogens is 1. The summed E-state index contributed by atoms with van der Waals surface area (Å²) in [6, 6.07) is 13.1. The lowest BCUT2D eigenvalue weighted by atomic mass is 9.95. The van der Waals surface area contributed by atoms with Crippen LogP contribution in [-0.4, -0.2) is 42.9 Å². The molecular formula is C25H27BrN2O3. The van der Waals surface area contributed by atoms with Crippen LogP contribution in [0, 0.1) is 0 Å². The lowest BCUT2D eigenvalue weighted by Gasteiger charge is -2.26. The minimum absolute atomic E-state index is 0.140. The van der Waals surface area contributed by atoms with Gasteiger partial charge in [-0.05, 0) is 62.3 Å². The predicted octanol–water partition coefficient (Wildman–Crippen LogP) is 5.18. The zero-order valence-corrected chi connectivity index (χ0v) is 19.9. The van der Waals surface area contributed by atoms with E-state index in [-0.39, 0.29) is 17.1 Å². The van der Waals surface area contributed by atoms with Gasteiger partial charge in [0, 0.05) is 11.0 Å². The summed E-state index contributed by atoms with van der Waals surface area (Å²) in [4.78, 5) is 30.8. The van der Waals surface area contributed by atoms with E-state index >= 15 is 0 Å². The Balaban J connectivity index is 1.86. The van der Waals surface area contributed by atoms with Gasteiger partial charge in [-0.3, -0.25) is 9.59 Å². The molecule has 3 aromatic rings. The maximum absolute atomic E-state index is 13.5. The molecule has 1 atom stereocenters. The number of amides is 1. The second-order valence-electron chi connectivity index (χ2n) is 8.69. The minimum Gasteiger partial charge on any atom is -0.450 e. The van der Waals surface area contributed by atoms with E-state index in [2.05, 4.69) is 46.8 Å². The maximum atomic E-state index is 13.5. The summed E-state index contributed by atoms with van der Waals surface area (Å²) in [5, 5.41) is 0.486. The van der Waals surface area contributed by atoms with Gasteiger partial charge in [0.1, 0.15) is 5.58 Å².